The molecule has 26 heavy (non-hydrogen) atoms. The Morgan fingerprint density at radius 3 is 2.04 bits per heavy atom. The largest absolute Gasteiger partial charge is 0.534 e. The van der Waals surface area contributed by atoms with Crippen LogP contribution in [0.25, 0.3) is 0 Å². The maximum atomic E-state index is 12.9. The van der Waals surface area contributed by atoms with E-state index in [9.17, 15) is 19.3 Å². The molecule has 0 aromatic carbocycles. The van der Waals surface area contributed by atoms with E-state index in [1.807, 2.05) is 0 Å². The molecule has 2 bridgehead atoms. The van der Waals surface area contributed by atoms with Crippen LogP contribution in [0.1, 0.15) is 12.8 Å². The Hall–Kier alpha value is 0.640. The zero-order chi connectivity index (χ0) is 19.3. The maximum absolute atomic E-state index is 12.9. The van der Waals surface area contributed by atoms with E-state index in [2.05, 4.69) is 9.35 Å². The van der Waals surface area contributed by atoms with Crippen LogP contribution in [0.4, 0.5) is 0 Å². The number of hydrogen-bond donors (Lipinski definition) is 2. The number of halogens is 2. The topological polar surface area (TPSA) is 148 Å². The van der Waals surface area contributed by atoms with E-state index in [-0.39, 0.29) is 37.8 Å². The van der Waals surface area contributed by atoms with E-state index in [1.54, 1.807) is 0 Å². The molecule has 2 rings (SSSR count). The Morgan fingerprint density at radius 1 is 1.00 bits per heavy atom. The second kappa shape index (κ2) is 9.43. The average Bonchev–Trinajstić information content (AvgIpc) is 2.90. The van der Waals surface area contributed by atoms with Gasteiger partial charge in [-0.2, -0.15) is 4.89 Å². The average molecular weight is 463 g/mol. The summed E-state index contributed by atoms with van der Waals surface area (Å²) in [5, 5.41) is 18.7. The summed E-state index contributed by atoms with van der Waals surface area (Å²) in [6.45, 7) is -1.55. The highest BCUT2D eigenvalue weighted by Gasteiger charge is 2.74. The van der Waals surface area contributed by atoms with Crippen molar-refractivity contribution in [1.29, 1.82) is 0 Å². The lowest BCUT2D eigenvalue weighted by Gasteiger charge is -2.43. The smallest absolute Gasteiger partial charge is 0.396 e. The second-order valence-corrected chi connectivity index (χ2v) is 8.66. The van der Waals surface area contributed by atoms with Crippen molar-refractivity contribution < 1.29 is 56.6 Å². The van der Waals surface area contributed by atoms with Crippen LogP contribution in [-0.2, 0) is 46.3 Å². The third-order valence-corrected chi connectivity index (χ3v) is 5.98. The molecule has 0 aromatic heterocycles. The number of phosphoric acid groups is 2. The van der Waals surface area contributed by atoms with Gasteiger partial charge in [0.05, 0.1) is 13.2 Å². The molecule has 2 fully saturated rings. The first-order valence-electron chi connectivity index (χ1n) is 7.31. The van der Waals surface area contributed by atoms with Crippen LogP contribution in [0.3, 0.4) is 0 Å². The predicted molar refractivity (Wildman–Crippen MR) is 83.9 cm³/mol. The van der Waals surface area contributed by atoms with Crippen LogP contribution in [0, 0.1) is 0 Å². The summed E-state index contributed by atoms with van der Waals surface area (Å²) in [5.74, 6) is -2.71. The highest BCUT2D eigenvalue weighted by molar-refractivity contribution is 7.49. The lowest BCUT2D eigenvalue weighted by molar-refractivity contribution is -0.483. The minimum atomic E-state index is -4.45. The lowest BCUT2D eigenvalue weighted by atomic mass is 9.93. The Labute approximate surface area is 158 Å². The first-order valence-corrected chi connectivity index (χ1v) is 11.3. The summed E-state index contributed by atoms with van der Waals surface area (Å²) < 4.78 is 54.4. The molecule has 12 nitrogen and oxygen atoms in total. The fourth-order valence-electron chi connectivity index (χ4n) is 2.15. The van der Waals surface area contributed by atoms with Crippen molar-refractivity contribution >= 4 is 38.8 Å². The Kier molecular flexibility index (Phi) is 8.31. The fraction of sp³-hybridized carbons (Fsp3) is 1.00. The highest BCUT2D eigenvalue weighted by Crippen LogP contribution is 2.71. The number of hydrogen-bond acceptors (Lipinski definition) is 12. The number of fused-ring (bicyclic) bond motifs is 2. The zero-order valence-electron chi connectivity index (χ0n) is 13.3. The van der Waals surface area contributed by atoms with Crippen LogP contribution in [0.5, 0.6) is 0 Å². The van der Waals surface area contributed by atoms with Crippen molar-refractivity contribution in [1.82, 2.24) is 0 Å². The molecule has 154 valence electrons. The molecule has 0 saturated carbocycles. The van der Waals surface area contributed by atoms with Crippen molar-refractivity contribution in [3.8, 4) is 0 Å². The molecule has 0 aliphatic carbocycles. The molecule has 2 aliphatic heterocycles. The monoisotopic (exact) mass is 462 g/mol. The molecule has 0 radical (unpaired) electrons. The SMILES string of the molecule is O=P(OCCCl)(OCCCl)OC12OOP(=O)(OOC1(CCO)CCO)O2. The lowest BCUT2D eigenvalue weighted by Crippen LogP contribution is -2.60. The minimum absolute atomic E-state index is 0.0562. The molecule has 2 heterocycles. The summed E-state index contributed by atoms with van der Waals surface area (Å²) in [6.07, 6.45) is -0.635. The number of aliphatic hydroxyl groups excluding tert-OH is 2. The third-order valence-electron chi connectivity index (χ3n) is 3.23. The molecular weight excluding hydrogens is 445 g/mol. The second-order valence-electron chi connectivity index (χ2n) is 4.93. The molecule has 2 aliphatic rings. The van der Waals surface area contributed by atoms with Gasteiger partial charge in [-0.3, -0.25) is 9.05 Å². The Morgan fingerprint density at radius 2 is 1.54 bits per heavy atom. The van der Waals surface area contributed by atoms with E-state index in [0.29, 0.717) is 0 Å². The van der Waals surface area contributed by atoms with Crippen molar-refractivity contribution in [2.24, 2.45) is 0 Å². The van der Waals surface area contributed by atoms with Gasteiger partial charge in [0, 0.05) is 37.8 Å². The first-order chi connectivity index (χ1) is 12.3. The van der Waals surface area contributed by atoms with Crippen LogP contribution < -0.4 is 0 Å². The molecule has 2 atom stereocenters. The van der Waals surface area contributed by atoms with Crippen LogP contribution in [-0.4, -0.2) is 60.0 Å². The van der Waals surface area contributed by atoms with E-state index in [0.717, 1.165) is 0 Å². The van der Waals surface area contributed by atoms with Gasteiger partial charge in [0.25, 0.3) is 0 Å². The summed E-state index contributed by atoms with van der Waals surface area (Å²) in [5.41, 5.74) is -1.93. The van der Waals surface area contributed by atoms with Gasteiger partial charge in [-0.05, 0) is 0 Å². The molecule has 0 amide bonds. The van der Waals surface area contributed by atoms with Gasteiger partial charge < -0.3 is 10.2 Å². The van der Waals surface area contributed by atoms with Gasteiger partial charge in [0.1, 0.15) is 0 Å². The predicted octanol–water partition coefficient (Wildman–Crippen LogP) is 1.83. The summed E-state index contributed by atoms with van der Waals surface area (Å²) in [7, 11) is -8.82. The fourth-order valence-corrected chi connectivity index (χ4v) is 4.95. The normalized spacial score (nSPS) is 30.6. The first kappa shape index (κ1) is 22.9. The maximum Gasteiger partial charge on any atom is 0.534 e. The van der Waals surface area contributed by atoms with Crippen LogP contribution in [0.15, 0.2) is 0 Å². The van der Waals surface area contributed by atoms with Crippen molar-refractivity contribution in [2.45, 2.75) is 24.4 Å². The van der Waals surface area contributed by atoms with Crippen molar-refractivity contribution in [3.63, 3.8) is 0 Å². The molecule has 16 heteroatoms. The molecule has 0 spiro atoms. The van der Waals surface area contributed by atoms with Crippen molar-refractivity contribution in [2.75, 3.05) is 38.2 Å². The van der Waals surface area contributed by atoms with Gasteiger partial charge in [0.15, 0.2) is 5.60 Å². The summed E-state index contributed by atoms with van der Waals surface area (Å²) in [4.78, 5) is 9.89. The number of rotatable bonds is 12. The van der Waals surface area contributed by atoms with Gasteiger partial charge >= 0.3 is 21.6 Å². The van der Waals surface area contributed by atoms with Crippen LogP contribution >= 0.6 is 38.8 Å². The Bertz CT molecular complexity index is 546. The Balaban J connectivity index is 2.37. The van der Waals surface area contributed by atoms with Gasteiger partial charge in [-0.1, -0.05) is 0 Å². The molecule has 2 unspecified atom stereocenters. The van der Waals surface area contributed by atoms with E-state index in [1.165, 1.54) is 0 Å². The standard InChI is InChI=1S/C10H18Cl2O12P2/c11-3-7-17-25(15,18-8-4-12)21-10-9(1-5-13,2-6-14)19-23-26(16,22-10)24-20-10/h13-14H,1-8H2. The molecule has 0 aromatic rings. The highest BCUT2D eigenvalue weighted by atomic mass is 35.5. The van der Waals surface area contributed by atoms with E-state index >= 15 is 0 Å². The van der Waals surface area contributed by atoms with Crippen molar-refractivity contribution in [3.05, 3.63) is 0 Å². The molecular formula is C10H18Cl2O12P2. The van der Waals surface area contributed by atoms with E-state index in [4.69, 9.17) is 51.1 Å². The minimum Gasteiger partial charge on any atom is -0.396 e. The van der Waals surface area contributed by atoms with Crippen LogP contribution in [0.2, 0.25) is 0 Å². The number of aliphatic hydroxyl groups is 2. The van der Waals surface area contributed by atoms with Gasteiger partial charge in [-0.25, -0.2) is 23.1 Å². The number of phosphoric ester groups is 1. The van der Waals surface area contributed by atoms with Gasteiger partial charge in [-0.15, -0.1) is 32.6 Å². The summed E-state index contributed by atoms with van der Waals surface area (Å²) in [6, 6.07) is 0. The zero-order valence-corrected chi connectivity index (χ0v) is 16.6. The van der Waals surface area contributed by atoms with E-state index < -0.39 is 40.4 Å². The molecule has 2 saturated heterocycles. The van der Waals surface area contributed by atoms with Gasteiger partial charge in [0.2, 0.25) is 0 Å². The molecule has 2 N–H and O–H groups in total. The quantitative estimate of drug-likeness (QED) is 0.247. The third kappa shape index (κ3) is 4.79. The number of alkyl halides is 2. The summed E-state index contributed by atoms with van der Waals surface area (Å²) >= 11 is 11.0.